The number of carbonyl (C=O) groups excluding carboxylic acids is 1. The van der Waals surface area contributed by atoms with E-state index in [1.165, 1.54) is 18.4 Å². The van der Waals surface area contributed by atoms with E-state index in [4.69, 9.17) is 0 Å². The summed E-state index contributed by atoms with van der Waals surface area (Å²) in [6.07, 6.45) is 4.61. The van der Waals surface area contributed by atoms with Crippen LogP contribution < -0.4 is 10.6 Å². The maximum atomic E-state index is 12.4. The Morgan fingerprint density at radius 3 is 2.55 bits per heavy atom. The summed E-state index contributed by atoms with van der Waals surface area (Å²) in [7, 11) is 0. The van der Waals surface area contributed by atoms with Crippen LogP contribution in [0.1, 0.15) is 37.3 Å². The van der Waals surface area contributed by atoms with Crippen LogP contribution in [0.15, 0.2) is 30.3 Å². The fourth-order valence-corrected chi connectivity index (χ4v) is 2.91. The first-order chi connectivity index (χ1) is 9.34. The van der Waals surface area contributed by atoms with Gasteiger partial charge in [0.1, 0.15) is 0 Å². The number of halogens is 1. The maximum absolute atomic E-state index is 12.4. The van der Waals surface area contributed by atoms with Crippen molar-refractivity contribution in [3.8, 4) is 0 Å². The van der Waals surface area contributed by atoms with Gasteiger partial charge in [0, 0.05) is 6.54 Å². The normalized spacial score (nSPS) is 23.5. The van der Waals surface area contributed by atoms with Gasteiger partial charge in [-0.1, -0.05) is 30.3 Å². The lowest BCUT2D eigenvalue weighted by atomic mass is 9.96. The predicted octanol–water partition coefficient (Wildman–Crippen LogP) is 2.68. The van der Waals surface area contributed by atoms with E-state index in [0.717, 1.165) is 25.9 Å². The zero-order chi connectivity index (χ0) is 13.1. The van der Waals surface area contributed by atoms with Crippen molar-refractivity contribution in [3.63, 3.8) is 0 Å². The molecule has 20 heavy (non-hydrogen) atoms. The van der Waals surface area contributed by atoms with E-state index in [0.29, 0.717) is 5.92 Å². The lowest BCUT2D eigenvalue weighted by molar-refractivity contribution is -0.126. The van der Waals surface area contributed by atoms with Crippen molar-refractivity contribution in [1.29, 1.82) is 0 Å². The van der Waals surface area contributed by atoms with E-state index in [1.54, 1.807) is 0 Å². The Morgan fingerprint density at radius 1 is 1.20 bits per heavy atom. The zero-order valence-electron chi connectivity index (χ0n) is 11.7. The lowest BCUT2D eigenvalue weighted by Gasteiger charge is -2.25. The van der Waals surface area contributed by atoms with Gasteiger partial charge in [-0.15, -0.1) is 12.4 Å². The molecule has 1 saturated heterocycles. The number of hydrogen-bond donors (Lipinski definition) is 2. The first-order valence-electron chi connectivity index (χ1n) is 7.40. The standard InChI is InChI=1S/C16H22N2O.ClH/c19-16(14-7-4-10-17-11-14)18-15(13-8-9-13)12-5-2-1-3-6-12;/h1-3,5-6,13-15,17H,4,7-11H2,(H,18,19);1H. The molecule has 0 radical (unpaired) electrons. The number of piperidine rings is 1. The summed E-state index contributed by atoms with van der Waals surface area (Å²) in [6, 6.07) is 10.6. The summed E-state index contributed by atoms with van der Waals surface area (Å²) in [5.41, 5.74) is 1.25. The summed E-state index contributed by atoms with van der Waals surface area (Å²) in [5, 5.41) is 6.60. The van der Waals surface area contributed by atoms with E-state index >= 15 is 0 Å². The summed E-state index contributed by atoms with van der Waals surface area (Å²) in [6.45, 7) is 1.88. The van der Waals surface area contributed by atoms with Gasteiger partial charge in [0.05, 0.1) is 12.0 Å². The second kappa shape index (κ2) is 7.09. The van der Waals surface area contributed by atoms with Gasteiger partial charge in [-0.25, -0.2) is 0 Å². The van der Waals surface area contributed by atoms with Gasteiger partial charge in [0.2, 0.25) is 5.91 Å². The Morgan fingerprint density at radius 2 is 1.95 bits per heavy atom. The molecule has 0 bridgehead atoms. The third-order valence-corrected chi connectivity index (χ3v) is 4.22. The van der Waals surface area contributed by atoms with Crippen LogP contribution in [0, 0.1) is 11.8 Å². The molecule has 0 aromatic heterocycles. The van der Waals surface area contributed by atoms with E-state index in [2.05, 4.69) is 34.9 Å². The molecule has 110 valence electrons. The molecule has 1 aromatic rings. The molecule has 0 spiro atoms. The molecule has 4 heteroatoms. The molecule has 2 atom stereocenters. The molecule has 3 rings (SSSR count). The average molecular weight is 295 g/mol. The number of benzene rings is 1. The van der Waals surface area contributed by atoms with Crippen molar-refractivity contribution in [2.75, 3.05) is 13.1 Å². The Hall–Kier alpha value is -1.06. The van der Waals surface area contributed by atoms with Crippen LogP contribution in [0.5, 0.6) is 0 Å². The van der Waals surface area contributed by atoms with Gasteiger partial charge in [-0.3, -0.25) is 4.79 Å². The topological polar surface area (TPSA) is 41.1 Å². The molecule has 2 unspecified atom stereocenters. The van der Waals surface area contributed by atoms with Crippen LogP contribution in [0.2, 0.25) is 0 Å². The van der Waals surface area contributed by atoms with Crippen LogP contribution in [0.3, 0.4) is 0 Å². The minimum atomic E-state index is 0. The molecule has 2 N–H and O–H groups in total. The molecule has 1 heterocycles. The van der Waals surface area contributed by atoms with Gasteiger partial charge in [0.25, 0.3) is 0 Å². The Kier molecular flexibility index (Phi) is 5.44. The SMILES string of the molecule is Cl.O=C(NC(c1ccccc1)C1CC1)C1CCCNC1. The van der Waals surface area contributed by atoms with Crippen molar-refractivity contribution in [2.24, 2.45) is 11.8 Å². The van der Waals surface area contributed by atoms with Gasteiger partial charge in [-0.2, -0.15) is 0 Å². The summed E-state index contributed by atoms with van der Waals surface area (Å²) < 4.78 is 0. The first kappa shape index (κ1) is 15.3. The Balaban J connectivity index is 0.00000147. The van der Waals surface area contributed by atoms with Gasteiger partial charge < -0.3 is 10.6 Å². The molecule has 1 aliphatic carbocycles. The largest absolute Gasteiger partial charge is 0.349 e. The van der Waals surface area contributed by atoms with Crippen LogP contribution in [-0.2, 0) is 4.79 Å². The number of nitrogens with one attached hydrogen (secondary N) is 2. The van der Waals surface area contributed by atoms with Gasteiger partial charge >= 0.3 is 0 Å². The third-order valence-electron chi connectivity index (χ3n) is 4.22. The molecule has 2 fully saturated rings. The van der Waals surface area contributed by atoms with E-state index in [9.17, 15) is 4.79 Å². The van der Waals surface area contributed by atoms with Crippen molar-refractivity contribution in [2.45, 2.75) is 31.7 Å². The quantitative estimate of drug-likeness (QED) is 0.896. The Bertz CT molecular complexity index is 427. The second-order valence-corrected chi connectivity index (χ2v) is 5.78. The van der Waals surface area contributed by atoms with Gasteiger partial charge in [0.15, 0.2) is 0 Å². The highest BCUT2D eigenvalue weighted by Crippen LogP contribution is 2.41. The predicted molar refractivity (Wildman–Crippen MR) is 82.9 cm³/mol. The number of carbonyl (C=O) groups is 1. The summed E-state index contributed by atoms with van der Waals surface area (Å²) >= 11 is 0. The number of hydrogen-bond acceptors (Lipinski definition) is 2. The molecular formula is C16H23ClN2O. The van der Waals surface area contributed by atoms with Gasteiger partial charge in [-0.05, 0) is 43.7 Å². The molecule has 2 aliphatic rings. The summed E-state index contributed by atoms with van der Waals surface area (Å²) in [5.74, 6) is 1.02. The minimum absolute atomic E-state index is 0. The Labute approximate surface area is 126 Å². The molecule has 1 saturated carbocycles. The van der Waals surface area contributed by atoms with Crippen molar-refractivity contribution < 1.29 is 4.79 Å². The van der Waals surface area contributed by atoms with Crippen LogP contribution in [0.25, 0.3) is 0 Å². The zero-order valence-corrected chi connectivity index (χ0v) is 12.5. The van der Waals surface area contributed by atoms with Crippen LogP contribution >= 0.6 is 12.4 Å². The highest BCUT2D eigenvalue weighted by molar-refractivity contribution is 5.85. The molecular weight excluding hydrogens is 272 g/mol. The fourth-order valence-electron chi connectivity index (χ4n) is 2.91. The molecule has 1 aromatic carbocycles. The first-order valence-corrected chi connectivity index (χ1v) is 7.40. The minimum Gasteiger partial charge on any atom is -0.349 e. The third kappa shape index (κ3) is 3.74. The van der Waals surface area contributed by atoms with Crippen LogP contribution in [0.4, 0.5) is 0 Å². The second-order valence-electron chi connectivity index (χ2n) is 5.78. The van der Waals surface area contributed by atoms with E-state index in [-0.39, 0.29) is 30.3 Å². The van der Waals surface area contributed by atoms with Crippen molar-refractivity contribution >= 4 is 18.3 Å². The number of rotatable bonds is 4. The fraction of sp³-hybridized carbons (Fsp3) is 0.562. The van der Waals surface area contributed by atoms with E-state index < -0.39 is 0 Å². The molecule has 1 aliphatic heterocycles. The highest BCUT2D eigenvalue weighted by Gasteiger charge is 2.34. The monoisotopic (exact) mass is 294 g/mol. The number of amides is 1. The highest BCUT2D eigenvalue weighted by atomic mass is 35.5. The maximum Gasteiger partial charge on any atom is 0.224 e. The smallest absolute Gasteiger partial charge is 0.224 e. The lowest BCUT2D eigenvalue weighted by Crippen LogP contribution is -2.42. The van der Waals surface area contributed by atoms with Crippen LogP contribution in [-0.4, -0.2) is 19.0 Å². The van der Waals surface area contributed by atoms with Crippen molar-refractivity contribution in [1.82, 2.24) is 10.6 Å². The average Bonchev–Trinajstić information content (AvgIpc) is 3.31. The molecule has 3 nitrogen and oxygen atoms in total. The summed E-state index contributed by atoms with van der Waals surface area (Å²) in [4.78, 5) is 12.4. The molecule has 1 amide bonds. The van der Waals surface area contributed by atoms with Crippen molar-refractivity contribution in [3.05, 3.63) is 35.9 Å². The van der Waals surface area contributed by atoms with E-state index in [1.807, 2.05) is 6.07 Å².